The van der Waals surface area contributed by atoms with Crippen LogP contribution in [0.25, 0.3) is 11.0 Å². The third kappa shape index (κ3) is 4.92. The number of alkyl halides is 2. The van der Waals surface area contributed by atoms with E-state index < -0.39 is 24.6 Å². The number of amides is 1. The Balaban J connectivity index is 1.53. The minimum absolute atomic E-state index is 0.0907. The zero-order chi connectivity index (χ0) is 28.9. The number of aromatic nitrogens is 5. The first-order valence-electron chi connectivity index (χ1n) is 13.2. The molecule has 0 radical (unpaired) electrons. The number of carbonyl (C=O) groups is 1. The lowest BCUT2D eigenvalue weighted by molar-refractivity contribution is -0.114. The molecule has 41 heavy (non-hydrogen) atoms. The summed E-state index contributed by atoms with van der Waals surface area (Å²) in [4.78, 5) is 40.5. The standard InChI is InChI=1S/C28H29F2N9O2/c1-4-23(40)38-11-10-37(21-7-5-6-18(2)24(21)38)22-12-19-13-31-27-33-20-14-32-36(15-20)9-8-35(3)16-28(29,30)17-39(26(22)41)25(19)34-27/h4-7,12-15H,1,8-11,16-17H2,2-3H3,(H,31,33,34). The van der Waals surface area contributed by atoms with Crippen LogP contribution in [0, 0.1) is 6.92 Å². The van der Waals surface area contributed by atoms with Crippen LogP contribution in [-0.2, 0) is 17.9 Å². The molecule has 0 saturated heterocycles. The summed E-state index contributed by atoms with van der Waals surface area (Å²) in [5.74, 6) is -3.34. The third-order valence-corrected chi connectivity index (χ3v) is 7.35. The van der Waals surface area contributed by atoms with Crippen LogP contribution >= 0.6 is 0 Å². The molecule has 11 nitrogen and oxygen atoms in total. The first-order chi connectivity index (χ1) is 19.6. The highest BCUT2D eigenvalue weighted by atomic mass is 19.3. The van der Waals surface area contributed by atoms with Gasteiger partial charge in [-0.25, -0.2) is 13.8 Å². The zero-order valence-electron chi connectivity index (χ0n) is 22.7. The average molecular weight is 562 g/mol. The van der Waals surface area contributed by atoms with Crippen molar-refractivity contribution in [1.29, 1.82) is 0 Å². The molecule has 2 aliphatic heterocycles. The fourth-order valence-corrected chi connectivity index (χ4v) is 5.48. The van der Waals surface area contributed by atoms with E-state index in [1.807, 2.05) is 25.1 Å². The quantitative estimate of drug-likeness (QED) is 0.372. The Morgan fingerprint density at radius 1 is 1.12 bits per heavy atom. The first-order valence-corrected chi connectivity index (χ1v) is 13.2. The Morgan fingerprint density at radius 2 is 1.95 bits per heavy atom. The molecule has 3 aromatic heterocycles. The molecule has 2 aliphatic rings. The van der Waals surface area contributed by atoms with Gasteiger partial charge < -0.3 is 15.1 Å². The molecule has 0 aliphatic carbocycles. The third-order valence-electron chi connectivity index (χ3n) is 7.35. The Bertz CT molecular complexity index is 1730. The number of halogens is 2. The summed E-state index contributed by atoms with van der Waals surface area (Å²) in [6, 6.07) is 7.15. The highest BCUT2D eigenvalue weighted by Gasteiger charge is 2.35. The van der Waals surface area contributed by atoms with Crippen LogP contribution in [-0.4, -0.2) is 74.3 Å². The molecule has 1 N–H and O–H groups in total. The molecular weight excluding hydrogens is 532 g/mol. The lowest BCUT2D eigenvalue weighted by atomic mass is 10.1. The van der Waals surface area contributed by atoms with E-state index in [9.17, 15) is 9.59 Å². The molecule has 0 fully saturated rings. The molecule has 0 saturated carbocycles. The smallest absolute Gasteiger partial charge is 0.278 e. The molecule has 4 bridgehead atoms. The summed E-state index contributed by atoms with van der Waals surface area (Å²) < 4.78 is 33.8. The second-order valence-corrected chi connectivity index (χ2v) is 10.4. The van der Waals surface area contributed by atoms with E-state index in [0.717, 1.165) is 10.1 Å². The largest absolute Gasteiger partial charge is 0.333 e. The van der Waals surface area contributed by atoms with Gasteiger partial charge in [-0.2, -0.15) is 10.1 Å². The van der Waals surface area contributed by atoms with Gasteiger partial charge in [0, 0.05) is 37.4 Å². The van der Waals surface area contributed by atoms with E-state index in [4.69, 9.17) is 0 Å². The predicted molar refractivity (Wildman–Crippen MR) is 152 cm³/mol. The number of rotatable bonds is 2. The molecule has 1 aromatic carbocycles. The molecule has 1 amide bonds. The van der Waals surface area contributed by atoms with Crippen molar-refractivity contribution in [3.05, 3.63) is 71.4 Å². The number of benzene rings is 1. The summed E-state index contributed by atoms with van der Waals surface area (Å²) in [6.45, 7) is 5.38. The first kappa shape index (κ1) is 26.6. The number of nitrogens with zero attached hydrogens (tertiary/aromatic N) is 8. The van der Waals surface area contributed by atoms with Gasteiger partial charge in [0.1, 0.15) is 11.3 Å². The van der Waals surface area contributed by atoms with E-state index in [0.29, 0.717) is 35.5 Å². The number of aryl methyl sites for hydroxylation is 1. The van der Waals surface area contributed by atoms with Gasteiger partial charge in [0.15, 0.2) is 0 Å². The highest BCUT2D eigenvalue weighted by molar-refractivity contribution is 6.05. The van der Waals surface area contributed by atoms with Crippen LogP contribution in [0.4, 0.5) is 37.5 Å². The molecular formula is C28H29F2N9O2. The van der Waals surface area contributed by atoms with Crippen molar-refractivity contribution in [3.8, 4) is 0 Å². The van der Waals surface area contributed by atoms with Gasteiger partial charge in [0.05, 0.1) is 42.9 Å². The van der Waals surface area contributed by atoms with Crippen LogP contribution in [0.3, 0.4) is 0 Å². The van der Waals surface area contributed by atoms with Gasteiger partial charge >= 0.3 is 0 Å². The number of hydrogen-bond donors (Lipinski definition) is 1. The highest BCUT2D eigenvalue weighted by Crippen LogP contribution is 2.39. The van der Waals surface area contributed by atoms with Crippen molar-refractivity contribution in [1.82, 2.24) is 29.2 Å². The topological polar surface area (TPSA) is 104 Å². The summed E-state index contributed by atoms with van der Waals surface area (Å²) >= 11 is 0. The van der Waals surface area contributed by atoms with E-state index in [1.165, 1.54) is 17.2 Å². The van der Waals surface area contributed by atoms with E-state index >= 15 is 8.78 Å². The van der Waals surface area contributed by atoms with E-state index in [2.05, 4.69) is 27.0 Å². The average Bonchev–Trinajstić information content (AvgIpc) is 3.39. The van der Waals surface area contributed by atoms with Crippen LogP contribution < -0.4 is 20.7 Å². The predicted octanol–water partition coefficient (Wildman–Crippen LogP) is 3.29. The molecule has 212 valence electrons. The monoisotopic (exact) mass is 561 g/mol. The van der Waals surface area contributed by atoms with Crippen molar-refractivity contribution < 1.29 is 13.6 Å². The summed E-state index contributed by atoms with van der Waals surface area (Å²) in [5, 5.41) is 7.75. The Morgan fingerprint density at radius 3 is 2.76 bits per heavy atom. The number of pyridine rings is 1. The van der Waals surface area contributed by atoms with Crippen molar-refractivity contribution in [2.45, 2.75) is 25.9 Å². The number of anilines is 5. The van der Waals surface area contributed by atoms with Crippen molar-refractivity contribution in [2.75, 3.05) is 48.3 Å². The van der Waals surface area contributed by atoms with Gasteiger partial charge in [-0.15, -0.1) is 0 Å². The lowest BCUT2D eigenvalue weighted by Crippen LogP contribution is -2.45. The van der Waals surface area contributed by atoms with Gasteiger partial charge in [-0.3, -0.25) is 23.7 Å². The maximum Gasteiger partial charge on any atom is 0.278 e. The number of hydrogen-bond acceptors (Lipinski definition) is 8. The Hall–Kier alpha value is -4.65. The molecule has 0 unspecified atom stereocenters. The van der Waals surface area contributed by atoms with Crippen LogP contribution in [0.1, 0.15) is 5.56 Å². The molecule has 0 atom stereocenters. The van der Waals surface area contributed by atoms with Crippen LogP contribution in [0.2, 0.25) is 0 Å². The minimum atomic E-state index is -3.24. The van der Waals surface area contributed by atoms with Crippen molar-refractivity contribution >= 4 is 45.6 Å². The van der Waals surface area contributed by atoms with E-state index in [-0.39, 0.29) is 36.3 Å². The lowest BCUT2D eigenvalue weighted by Gasteiger charge is -2.38. The second kappa shape index (κ2) is 10.1. The molecule has 0 spiro atoms. The number of carbonyl (C=O) groups excluding carboxylic acids is 1. The SMILES string of the molecule is C=CC(=O)N1CCN(c2cc3cnc4nc3n(c2=O)CC(F)(F)CN(C)CCn2cc(cn2)N4)c2cccc(C)c21. The maximum atomic E-state index is 15.5. The van der Waals surface area contributed by atoms with Crippen LogP contribution in [0.5, 0.6) is 0 Å². The van der Waals surface area contributed by atoms with Gasteiger partial charge in [-0.1, -0.05) is 18.7 Å². The minimum Gasteiger partial charge on any atom is -0.333 e. The maximum absolute atomic E-state index is 15.5. The van der Waals surface area contributed by atoms with Crippen molar-refractivity contribution in [2.24, 2.45) is 0 Å². The number of fused-ring (bicyclic) bond motifs is 4. The molecule has 5 heterocycles. The van der Waals surface area contributed by atoms with E-state index in [1.54, 1.807) is 40.0 Å². The molecule has 6 rings (SSSR count). The Labute approximate surface area is 234 Å². The fraction of sp³-hybridized carbons (Fsp3) is 0.321. The summed E-state index contributed by atoms with van der Waals surface area (Å²) in [7, 11) is 1.61. The normalized spacial score (nSPS) is 17.2. The second-order valence-electron chi connectivity index (χ2n) is 10.4. The van der Waals surface area contributed by atoms with Gasteiger partial charge in [-0.05, 0) is 37.7 Å². The molecule has 13 heteroatoms. The van der Waals surface area contributed by atoms with Crippen LogP contribution in [0.15, 0.2) is 60.3 Å². The summed E-state index contributed by atoms with van der Waals surface area (Å²) in [6.07, 6.45) is 6.12. The van der Waals surface area contributed by atoms with Gasteiger partial charge in [0.25, 0.3) is 17.4 Å². The van der Waals surface area contributed by atoms with Gasteiger partial charge in [0.2, 0.25) is 5.95 Å². The molecule has 4 aromatic rings. The zero-order valence-corrected chi connectivity index (χ0v) is 22.7. The summed E-state index contributed by atoms with van der Waals surface area (Å²) in [5.41, 5.74) is 2.42. The van der Waals surface area contributed by atoms with Crippen molar-refractivity contribution in [3.63, 3.8) is 0 Å². The Kier molecular flexibility index (Phi) is 6.53. The fourth-order valence-electron chi connectivity index (χ4n) is 5.48. The number of nitrogens with one attached hydrogen (secondary N) is 1. The number of likely N-dealkylation sites (N-methyl/N-ethyl adjacent to an activating group) is 1. The number of para-hydroxylation sites is 1.